The lowest BCUT2D eigenvalue weighted by Crippen LogP contribution is -2.65. The van der Waals surface area contributed by atoms with Gasteiger partial charge in [0.1, 0.15) is 6.10 Å². The zero-order valence-electron chi connectivity index (χ0n) is 16.9. The summed E-state index contributed by atoms with van der Waals surface area (Å²) in [5.74, 6) is -2.76. The van der Waals surface area contributed by atoms with E-state index in [0.717, 1.165) is 44.8 Å². The van der Waals surface area contributed by atoms with E-state index in [-0.39, 0.29) is 11.7 Å². The molecule has 1 spiro atoms. The molecule has 1 atom stereocenters. The number of carboxylic acids is 1. The predicted octanol–water partition coefficient (Wildman–Crippen LogP) is 2.63. The maximum Gasteiger partial charge on any atom is 0.490 e. The van der Waals surface area contributed by atoms with Crippen molar-refractivity contribution in [2.75, 3.05) is 19.7 Å². The van der Waals surface area contributed by atoms with Crippen LogP contribution in [0, 0.1) is 6.92 Å². The number of aliphatic carboxylic acids is 1. The van der Waals surface area contributed by atoms with Gasteiger partial charge >= 0.3 is 18.2 Å². The van der Waals surface area contributed by atoms with Gasteiger partial charge < -0.3 is 14.6 Å². The first-order valence-corrected chi connectivity index (χ1v) is 9.67. The van der Waals surface area contributed by atoms with Gasteiger partial charge in [0, 0.05) is 56.8 Å². The van der Waals surface area contributed by atoms with Crippen LogP contribution in [0.2, 0.25) is 0 Å². The van der Waals surface area contributed by atoms with Gasteiger partial charge in [-0.3, -0.25) is 9.88 Å². The maximum atomic E-state index is 10.6. The molecule has 0 bridgehead atoms. The average molecular weight is 440 g/mol. The van der Waals surface area contributed by atoms with Gasteiger partial charge in [-0.05, 0) is 24.6 Å². The Balaban J connectivity index is 0.000000339. The van der Waals surface area contributed by atoms with E-state index in [1.807, 2.05) is 25.3 Å². The minimum Gasteiger partial charge on any atom is -0.475 e. The Morgan fingerprint density at radius 3 is 2.71 bits per heavy atom. The van der Waals surface area contributed by atoms with E-state index >= 15 is 0 Å². The number of hydrogen-bond donors (Lipinski definition) is 1. The smallest absolute Gasteiger partial charge is 0.475 e. The lowest BCUT2D eigenvalue weighted by atomic mass is 9.84. The lowest BCUT2D eigenvalue weighted by Gasteiger charge is -2.53. The summed E-state index contributed by atoms with van der Waals surface area (Å²) in [6.07, 6.45) is 2.30. The summed E-state index contributed by atoms with van der Waals surface area (Å²) < 4.78 is 43.8. The van der Waals surface area contributed by atoms with Gasteiger partial charge in [-0.15, -0.1) is 0 Å². The Kier molecular flexibility index (Phi) is 7.06. The number of likely N-dealkylation sites (tertiary alicyclic amines) is 1. The van der Waals surface area contributed by atoms with Gasteiger partial charge in [-0.25, -0.2) is 14.8 Å². The van der Waals surface area contributed by atoms with Gasteiger partial charge in [0.15, 0.2) is 0 Å². The van der Waals surface area contributed by atoms with E-state index in [0.29, 0.717) is 6.01 Å². The van der Waals surface area contributed by atoms with Crippen LogP contribution in [0.15, 0.2) is 36.8 Å². The Morgan fingerprint density at radius 2 is 2.10 bits per heavy atom. The van der Waals surface area contributed by atoms with Crippen molar-refractivity contribution in [3.05, 3.63) is 48.0 Å². The van der Waals surface area contributed by atoms with E-state index in [1.54, 1.807) is 12.4 Å². The van der Waals surface area contributed by atoms with Crippen molar-refractivity contribution in [1.82, 2.24) is 19.9 Å². The van der Waals surface area contributed by atoms with Crippen molar-refractivity contribution >= 4 is 5.97 Å². The second-order valence-electron chi connectivity index (χ2n) is 7.55. The number of nitrogens with zero attached hydrogens (tertiary/aromatic N) is 4. The molecule has 0 radical (unpaired) electrons. The highest BCUT2D eigenvalue weighted by Gasteiger charge is 2.48. The molecule has 0 aliphatic carbocycles. The highest BCUT2D eigenvalue weighted by Crippen LogP contribution is 2.36. The van der Waals surface area contributed by atoms with Crippen LogP contribution in [0.3, 0.4) is 0 Å². The summed E-state index contributed by atoms with van der Waals surface area (Å²) in [4.78, 5) is 24.0. The molecule has 0 aromatic carbocycles. The molecular formula is C20H23F3N4O4. The molecular weight excluding hydrogens is 417 g/mol. The fraction of sp³-hybridized carbons (Fsp3) is 0.500. The molecule has 0 amide bonds. The zero-order valence-corrected chi connectivity index (χ0v) is 16.9. The van der Waals surface area contributed by atoms with Crippen molar-refractivity contribution in [2.45, 2.75) is 44.2 Å². The number of carbonyl (C=O) groups is 1. The Labute approximate surface area is 177 Å². The molecule has 2 aromatic heterocycles. The van der Waals surface area contributed by atoms with E-state index in [4.69, 9.17) is 19.4 Å². The molecule has 4 rings (SSSR count). The maximum absolute atomic E-state index is 10.6. The molecule has 8 nitrogen and oxygen atoms in total. The molecule has 31 heavy (non-hydrogen) atoms. The quantitative estimate of drug-likeness (QED) is 0.775. The lowest BCUT2D eigenvalue weighted by molar-refractivity contribution is -0.192. The van der Waals surface area contributed by atoms with Crippen LogP contribution < -0.4 is 4.74 Å². The van der Waals surface area contributed by atoms with Crippen molar-refractivity contribution < 1.29 is 32.5 Å². The van der Waals surface area contributed by atoms with Crippen molar-refractivity contribution in [2.24, 2.45) is 0 Å². The van der Waals surface area contributed by atoms with Crippen LogP contribution in [0.4, 0.5) is 13.2 Å². The standard InChI is InChI=1S/C18H22N4O2.C2HF3O2/c1-14-4-7-20-17(21-14)24-16-5-8-23-18(9-16)12-22(13-18)11-15-3-2-6-19-10-15;3-2(4,5)1(6)7/h2-4,6-7,10,16H,5,8-9,11-13H2,1H3;(H,6,7). The average Bonchev–Trinajstić information content (AvgIpc) is 2.68. The summed E-state index contributed by atoms with van der Waals surface area (Å²) in [5.41, 5.74) is 2.09. The molecule has 2 fully saturated rings. The largest absolute Gasteiger partial charge is 0.490 e. The number of hydrogen-bond acceptors (Lipinski definition) is 7. The summed E-state index contributed by atoms with van der Waals surface area (Å²) in [7, 11) is 0. The third kappa shape index (κ3) is 6.59. The zero-order chi connectivity index (χ0) is 22.5. The van der Waals surface area contributed by atoms with Crippen molar-refractivity contribution in [1.29, 1.82) is 0 Å². The minimum absolute atomic E-state index is 0.0745. The molecule has 168 valence electrons. The van der Waals surface area contributed by atoms with Gasteiger partial charge in [0.2, 0.25) is 0 Å². The third-order valence-corrected chi connectivity index (χ3v) is 4.89. The van der Waals surface area contributed by atoms with Gasteiger partial charge in [0.25, 0.3) is 0 Å². The fourth-order valence-electron chi connectivity index (χ4n) is 3.57. The topological polar surface area (TPSA) is 97.7 Å². The molecule has 2 aliphatic heterocycles. The molecule has 1 N–H and O–H groups in total. The number of carboxylic acid groups (broad SMARTS) is 1. The summed E-state index contributed by atoms with van der Waals surface area (Å²) in [5, 5.41) is 7.12. The van der Waals surface area contributed by atoms with Gasteiger partial charge in [0.05, 0.1) is 12.2 Å². The number of ether oxygens (including phenoxy) is 2. The second-order valence-corrected chi connectivity index (χ2v) is 7.55. The first-order chi connectivity index (χ1) is 14.7. The SMILES string of the molecule is Cc1ccnc(OC2CCOC3(C2)CN(Cc2cccnc2)C3)n1.O=C(O)C(F)(F)F. The van der Waals surface area contributed by atoms with E-state index in [1.165, 1.54) is 5.56 Å². The molecule has 4 heterocycles. The van der Waals surface area contributed by atoms with Crippen molar-refractivity contribution in [3.63, 3.8) is 0 Å². The van der Waals surface area contributed by atoms with Crippen LogP contribution in [0.5, 0.6) is 6.01 Å². The molecule has 1 unspecified atom stereocenters. The number of rotatable bonds is 4. The number of alkyl halides is 3. The van der Waals surface area contributed by atoms with E-state index in [9.17, 15) is 13.2 Å². The van der Waals surface area contributed by atoms with E-state index < -0.39 is 12.1 Å². The van der Waals surface area contributed by atoms with E-state index in [2.05, 4.69) is 25.9 Å². The summed E-state index contributed by atoms with van der Waals surface area (Å²) in [6.45, 7) is 5.48. The normalized spacial score (nSPS) is 20.3. The van der Waals surface area contributed by atoms with Crippen LogP contribution in [0.1, 0.15) is 24.1 Å². The second kappa shape index (κ2) is 9.56. The molecule has 2 saturated heterocycles. The highest BCUT2D eigenvalue weighted by atomic mass is 19.4. The molecule has 11 heteroatoms. The fourth-order valence-corrected chi connectivity index (χ4v) is 3.57. The Morgan fingerprint density at radius 1 is 1.35 bits per heavy atom. The number of pyridine rings is 1. The predicted molar refractivity (Wildman–Crippen MR) is 102 cm³/mol. The van der Waals surface area contributed by atoms with Gasteiger partial charge in [-0.1, -0.05) is 6.07 Å². The summed E-state index contributed by atoms with van der Waals surface area (Å²) >= 11 is 0. The summed E-state index contributed by atoms with van der Waals surface area (Å²) in [6, 6.07) is 6.44. The Hall–Kier alpha value is -2.79. The van der Waals surface area contributed by atoms with Gasteiger partial charge in [-0.2, -0.15) is 13.2 Å². The Bertz CT molecular complexity index is 876. The van der Waals surface area contributed by atoms with Crippen LogP contribution in [-0.2, 0) is 16.1 Å². The third-order valence-electron chi connectivity index (χ3n) is 4.89. The number of aromatic nitrogens is 3. The van der Waals surface area contributed by atoms with Crippen LogP contribution in [-0.4, -0.2) is 68.5 Å². The first-order valence-electron chi connectivity index (χ1n) is 9.67. The molecule has 2 aliphatic rings. The minimum atomic E-state index is -5.08. The van der Waals surface area contributed by atoms with Crippen LogP contribution in [0.25, 0.3) is 0 Å². The monoisotopic (exact) mass is 440 g/mol. The molecule has 2 aromatic rings. The van der Waals surface area contributed by atoms with Crippen LogP contribution >= 0.6 is 0 Å². The van der Waals surface area contributed by atoms with Crippen molar-refractivity contribution in [3.8, 4) is 6.01 Å². The molecule has 0 saturated carbocycles. The number of halogens is 3. The highest BCUT2D eigenvalue weighted by molar-refractivity contribution is 5.73. The first kappa shape index (κ1) is 22.9. The number of aryl methyl sites for hydroxylation is 1.